The van der Waals surface area contributed by atoms with Gasteiger partial charge in [-0.15, -0.1) is 5.73 Å². The number of allylic oxidation sites excluding steroid dienone is 1. The fraction of sp³-hybridized carbons (Fsp3) is 0.667. The summed E-state index contributed by atoms with van der Waals surface area (Å²) in [6.07, 6.45) is 4.96. The topological polar surface area (TPSA) is 17.1 Å². The molecule has 1 heteroatoms. The monoisotopic (exact) mass is 176 g/mol. The molecule has 0 saturated heterocycles. The van der Waals surface area contributed by atoms with E-state index in [9.17, 15) is 4.79 Å². The number of carbonyl (C=O) groups excluding carboxylic acids is 1. The Morgan fingerprint density at radius 3 is 2.85 bits per heavy atom. The summed E-state index contributed by atoms with van der Waals surface area (Å²) in [5.74, 6) is 1.14. The Bertz CT molecular complexity index is 296. The molecule has 70 valence electrons. The molecule has 0 radical (unpaired) electrons. The van der Waals surface area contributed by atoms with Crippen LogP contribution in [0.5, 0.6) is 0 Å². The molecule has 13 heavy (non-hydrogen) atoms. The highest BCUT2D eigenvalue weighted by molar-refractivity contribution is 5.80. The van der Waals surface area contributed by atoms with Gasteiger partial charge in [0, 0.05) is 18.3 Å². The predicted molar refractivity (Wildman–Crippen MR) is 52.3 cm³/mol. The number of rotatable bonds is 0. The number of Topliss-reactive ketones (excluding diaryl/α,β-unsaturated/α-hetero) is 1. The first-order valence-corrected chi connectivity index (χ1v) is 5.08. The molecule has 2 saturated carbocycles. The Morgan fingerprint density at radius 2 is 2.15 bits per heavy atom. The predicted octanol–water partition coefficient (Wildman–Crippen LogP) is 2.87. The minimum atomic E-state index is 0.122. The maximum absolute atomic E-state index is 11.4. The highest BCUT2D eigenvalue weighted by Crippen LogP contribution is 2.53. The normalized spacial score (nSPS) is 38.7. The van der Waals surface area contributed by atoms with E-state index in [2.05, 4.69) is 19.2 Å². The zero-order valence-corrected chi connectivity index (χ0v) is 8.23. The third-order valence-electron chi connectivity index (χ3n) is 3.88. The fourth-order valence-corrected chi connectivity index (χ4v) is 3.01. The van der Waals surface area contributed by atoms with E-state index in [0.29, 0.717) is 5.78 Å². The lowest BCUT2D eigenvalue weighted by molar-refractivity contribution is -0.123. The van der Waals surface area contributed by atoms with Gasteiger partial charge in [-0.25, -0.2) is 0 Å². The van der Waals surface area contributed by atoms with Crippen molar-refractivity contribution in [2.75, 3.05) is 0 Å². The minimum Gasteiger partial charge on any atom is -0.300 e. The van der Waals surface area contributed by atoms with Crippen LogP contribution in [0.1, 0.15) is 39.0 Å². The molecule has 2 rings (SSSR count). The average Bonchev–Trinajstić information content (AvgIpc) is 2.40. The molecule has 2 aliphatic rings. The van der Waals surface area contributed by atoms with Crippen LogP contribution < -0.4 is 0 Å². The van der Waals surface area contributed by atoms with E-state index < -0.39 is 0 Å². The van der Waals surface area contributed by atoms with Crippen LogP contribution in [0.3, 0.4) is 0 Å². The lowest BCUT2D eigenvalue weighted by Crippen LogP contribution is -2.31. The molecule has 0 unspecified atom stereocenters. The van der Waals surface area contributed by atoms with Gasteiger partial charge >= 0.3 is 0 Å². The molecule has 2 aliphatic carbocycles. The van der Waals surface area contributed by atoms with E-state index in [1.807, 2.05) is 0 Å². The second-order valence-corrected chi connectivity index (χ2v) is 4.56. The van der Waals surface area contributed by atoms with Crippen LogP contribution in [0, 0.1) is 11.3 Å². The van der Waals surface area contributed by atoms with E-state index in [1.165, 1.54) is 12.0 Å². The number of hydrogen-bond donors (Lipinski definition) is 0. The Morgan fingerprint density at radius 1 is 1.46 bits per heavy atom. The van der Waals surface area contributed by atoms with Crippen LogP contribution >= 0.6 is 0 Å². The largest absolute Gasteiger partial charge is 0.300 e. The van der Waals surface area contributed by atoms with E-state index in [-0.39, 0.29) is 5.41 Å². The first-order valence-electron chi connectivity index (χ1n) is 5.08. The van der Waals surface area contributed by atoms with Crippen LogP contribution in [-0.2, 0) is 4.79 Å². The quantitative estimate of drug-likeness (QED) is 0.519. The molecule has 0 aliphatic heterocycles. The summed E-state index contributed by atoms with van der Waals surface area (Å²) in [5, 5.41) is 0. The maximum Gasteiger partial charge on any atom is 0.133 e. The molecule has 0 N–H and O–H groups in total. The Kier molecular flexibility index (Phi) is 1.92. The van der Waals surface area contributed by atoms with Gasteiger partial charge in [0.05, 0.1) is 0 Å². The van der Waals surface area contributed by atoms with E-state index in [0.717, 1.165) is 31.6 Å². The lowest BCUT2D eigenvalue weighted by atomic mass is 9.67. The SMILES string of the molecule is C=C=C1CC[C@@H]2CCC(=O)C[C@]12C. The first kappa shape index (κ1) is 8.77. The third-order valence-corrected chi connectivity index (χ3v) is 3.88. The zero-order valence-electron chi connectivity index (χ0n) is 8.23. The molecule has 0 heterocycles. The molecule has 0 bridgehead atoms. The molecule has 2 atom stereocenters. The zero-order chi connectivity index (χ0) is 9.47. The molecule has 0 spiro atoms. The van der Waals surface area contributed by atoms with Crippen molar-refractivity contribution >= 4 is 5.78 Å². The van der Waals surface area contributed by atoms with Crippen molar-refractivity contribution < 1.29 is 4.79 Å². The Hall–Kier alpha value is -0.810. The fourth-order valence-electron chi connectivity index (χ4n) is 3.01. The molecule has 1 nitrogen and oxygen atoms in total. The molecule has 0 aromatic carbocycles. The summed E-state index contributed by atoms with van der Waals surface area (Å²) in [7, 11) is 0. The van der Waals surface area contributed by atoms with Crippen molar-refractivity contribution in [1.29, 1.82) is 0 Å². The number of ketones is 1. The summed E-state index contributed by atoms with van der Waals surface area (Å²) in [6.45, 7) is 5.95. The molecule has 2 fully saturated rings. The summed E-state index contributed by atoms with van der Waals surface area (Å²) in [6, 6.07) is 0. The van der Waals surface area contributed by atoms with Crippen LogP contribution in [0.25, 0.3) is 0 Å². The van der Waals surface area contributed by atoms with Crippen molar-refractivity contribution in [1.82, 2.24) is 0 Å². The van der Waals surface area contributed by atoms with E-state index in [1.54, 1.807) is 0 Å². The van der Waals surface area contributed by atoms with Crippen LogP contribution in [0.2, 0.25) is 0 Å². The van der Waals surface area contributed by atoms with Gasteiger partial charge in [-0.2, -0.15) is 0 Å². The van der Waals surface area contributed by atoms with Gasteiger partial charge in [-0.1, -0.05) is 13.5 Å². The Labute approximate surface area is 79.5 Å². The maximum atomic E-state index is 11.4. The number of carbonyl (C=O) groups is 1. The average molecular weight is 176 g/mol. The van der Waals surface area contributed by atoms with Gasteiger partial charge < -0.3 is 0 Å². The summed E-state index contributed by atoms with van der Waals surface area (Å²) < 4.78 is 0. The molecule has 0 aromatic heterocycles. The lowest BCUT2D eigenvalue weighted by Gasteiger charge is -2.35. The van der Waals surface area contributed by atoms with E-state index >= 15 is 0 Å². The highest BCUT2D eigenvalue weighted by Gasteiger charge is 2.46. The van der Waals surface area contributed by atoms with Crippen molar-refractivity contribution in [3.05, 3.63) is 17.9 Å². The second kappa shape index (κ2) is 2.85. The summed E-state index contributed by atoms with van der Waals surface area (Å²) in [4.78, 5) is 11.4. The van der Waals surface area contributed by atoms with Gasteiger partial charge in [0.25, 0.3) is 0 Å². The van der Waals surface area contributed by atoms with Gasteiger partial charge in [0.2, 0.25) is 0 Å². The van der Waals surface area contributed by atoms with Gasteiger partial charge in [-0.05, 0) is 30.8 Å². The molecule has 0 amide bonds. The van der Waals surface area contributed by atoms with E-state index in [4.69, 9.17) is 0 Å². The molecular weight excluding hydrogens is 160 g/mol. The van der Waals surface area contributed by atoms with Crippen molar-refractivity contribution in [3.8, 4) is 0 Å². The van der Waals surface area contributed by atoms with Gasteiger partial charge in [0.15, 0.2) is 0 Å². The molecule has 0 aromatic rings. The standard InChI is InChI=1S/C12H16O/c1-3-9-4-5-10-6-7-11(13)8-12(9,10)2/h10H,1,4-8H2,2H3/t10-,12-/m1/s1. The third kappa shape index (κ3) is 1.19. The summed E-state index contributed by atoms with van der Waals surface area (Å²) >= 11 is 0. The first-order chi connectivity index (χ1) is 6.16. The molecular formula is C12H16O. The van der Waals surface area contributed by atoms with Crippen LogP contribution in [-0.4, -0.2) is 5.78 Å². The van der Waals surface area contributed by atoms with Crippen LogP contribution in [0.15, 0.2) is 17.9 Å². The van der Waals surface area contributed by atoms with Crippen molar-refractivity contribution in [3.63, 3.8) is 0 Å². The number of fused-ring (bicyclic) bond motifs is 1. The Balaban J connectivity index is 2.35. The minimum absolute atomic E-state index is 0.122. The van der Waals surface area contributed by atoms with Crippen LogP contribution in [0.4, 0.5) is 0 Å². The second-order valence-electron chi connectivity index (χ2n) is 4.56. The smallest absolute Gasteiger partial charge is 0.133 e. The van der Waals surface area contributed by atoms with Gasteiger partial charge in [0.1, 0.15) is 5.78 Å². The number of hydrogen-bond acceptors (Lipinski definition) is 1. The highest BCUT2D eigenvalue weighted by atomic mass is 16.1. The summed E-state index contributed by atoms with van der Waals surface area (Å²) in [5.41, 5.74) is 4.46. The van der Waals surface area contributed by atoms with Gasteiger partial charge in [-0.3, -0.25) is 4.79 Å². The van der Waals surface area contributed by atoms with Crippen molar-refractivity contribution in [2.45, 2.75) is 39.0 Å². The van der Waals surface area contributed by atoms with Crippen molar-refractivity contribution in [2.24, 2.45) is 11.3 Å².